The van der Waals surface area contributed by atoms with Crippen molar-refractivity contribution in [2.75, 3.05) is 13.1 Å². The maximum absolute atomic E-state index is 13.2. The van der Waals surface area contributed by atoms with E-state index in [-0.39, 0.29) is 30.2 Å². The number of hydrogen-bond donors (Lipinski definition) is 1. The van der Waals surface area contributed by atoms with E-state index >= 15 is 0 Å². The van der Waals surface area contributed by atoms with Gasteiger partial charge in [0, 0.05) is 24.7 Å². The molecule has 4 rings (SSSR count). The molecule has 1 aliphatic rings. The average Bonchev–Trinajstić information content (AvgIpc) is 3.03. The van der Waals surface area contributed by atoms with Crippen LogP contribution in [-0.4, -0.2) is 40.1 Å². The van der Waals surface area contributed by atoms with Crippen LogP contribution >= 0.6 is 12.4 Å². The van der Waals surface area contributed by atoms with Gasteiger partial charge in [-0.3, -0.25) is 4.79 Å². The molecule has 0 spiro atoms. The Morgan fingerprint density at radius 1 is 1.26 bits per heavy atom. The zero-order valence-electron chi connectivity index (χ0n) is 14.8. The molecule has 1 saturated heterocycles. The number of aryl methyl sites for hydroxylation is 1. The van der Waals surface area contributed by atoms with E-state index in [0.29, 0.717) is 46.7 Å². The summed E-state index contributed by atoms with van der Waals surface area (Å²) < 4.78 is 18.5. The zero-order valence-corrected chi connectivity index (χ0v) is 15.6. The third-order valence-corrected chi connectivity index (χ3v) is 4.81. The van der Waals surface area contributed by atoms with Gasteiger partial charge in [0.05, 0.1) is 22.3 Å². The summed E-state index contributed by atoms with van der Waals surface area (Å²) in [6.45, 7) is 3.04. The molecule has 0 aliphatic carbocycles. The van der Waals surface area contributed by atoms with Crippen LogP contribution in [-0.2, 0) is 0 Å². The van der Waals surface area contributed by atoms with Crippen molar-refractivity contribution in [3.63, 3.8) is 0 Å². The average molecular weight is 391 g/mol. The summed E-state index contributed by atoms with van der Waals surface area (Å²) in [6, 6.07) is 7.85. The largest absolute Gasteiger partial charge is 0.339 e. The molecule has 142 valence electrons. The Labute approximate surface area is 161 Å². The number of carbonyl (C=O) groups excluding carboxylic acids is 1. The number of aromatic nitrogens is 2. The molecule has 27 heavy (non-hydrogen) atoms. The lowest BCUT2D eigenvalue weighted by Crippen LogP contribution is -2.42. The molecule has 1 fully saturated rings. The van der Waals surface area contributed by atoms with E-state index in [1.165, 1.54) is 12.1 Å². The molecule has 2 aromatic heterocycles. The lowest BCUT2D eigenvalue weighted by Gasteiger charge is -2.30. The maximum Gasteiger partial charge on any atom is 0.259 e. The van der Waals surface area contributed by atoms with Crippen LogP contribution in [0.5, 0.6) is 0 Å². The molecule has 8 heteroatoms. The summed E-state index contributed by atoms with van der Waals surface area (Å²) in [7, 11) is 0. The molecule has 6 nitrogen and oxygen atoms in total. The van der Waals surface area contributed by atoms with Crippen LogP contribution in [0.1, 0.15) is 28.9 Å². The quantitative estimate of drug-likeness (QED) is 0.725. The molecule has 3 aromatic rings. The molecule has 0 radical (unpaired) electrons. The minimum atomic E-state index is -0.328. The Morgan fingerprint density at radius 2 is 1.93 bits per heavy atom. The van der Waals surface area contributed by atoms with Crippen molar-refractivity contribution in [2.45, 2.75) is 25.8 Å². The third-order valence-electron chi connectivity index (χ3n) is 4.81. The molecule has 2 N–H and O–H groups in total. The van der Waals surface area contributed by atoms with Crippen LogP contribution in [0.4, 0.5) is 4.39 Å². The molecule has 0 unspecified atom stereocenters. The van der Waals surface area contributed by atoms with E-state index in [2.05, 4.69) is 10.1 Å². The van der Waals surface area contributed by atoms with Gasteiger partial charge in [-0.05, 0) is 50.1 Å². The molecular formula is C19H20ClFN4O2. The Bertz CT molecular complexity index is 966. The first kappa shape index (κ1) is 19.3. The molecule has 3 heterocycles. The number of nitrogens with zero attached hydrogens (tertiary/aromatic N) is 3. The maximum atomic E-state index is 13.2. The highest BCUT2D eigenvalue weighted by Gasteiger charge is 2.26. The minimum absolute atomic E-state index is 0. The van der Waals surface area contributed by atoms with E-state index in [9.17, 15) is 9.18 Å². The minimum Gasteiger partial charge on any atom is -0.339 e. The highest BCUT2D eigenvalue weighted by molar-refractivity contribution is 6.07. The summed E-state index contributed by atoms with van der Waals surface area (Å²) in [5, 5.41) is 4.58. The van der Waals surface area contributed by atoms with Gasteiger partial charge in [-0.15, -0.1) is 12.4 Å². The van der Waals surface area contributed by atoms with Gasteiger partial charge in [-0.25, -0.2) is 9.37 Å². The van der Waals surface area contributed by atoms with Gasteiger partial charge in [0.15, 0.2) is 0 Å². The van der Waals surface area contributed by atoms with E-state index < -0.39 is 0 Å². The van der Waals surface area contributed by atoms with Crippen molar-refractivity contribution in [2.24, 2.45) is 5.73 Å². The normalized spacial score (nSPS) is 15.0. The van der Waals surface area contributed by atoms with E-state index in [1.54, 1.807) is 30.0 Å². The van der Waals surface area contributed by atoms with Gasteiger partial charge >= 0.3 is 0 Å². The summed E-state index contributed by atoms with van der Waals surface area (Å²) >= 11 is 0. The van der Waals surface area contributed by atoms with Crippen LogP contribution in [0, 0.1) is 12.7 Å². The number of amides is 1. The number of piperidine rings is 1. The van der Waals surface area contributed by atoms with Crippen molar-refractivity contribution in [1.82, 2.24) is 15.0 Å². The fourth-order valence-electron chi connectivity index (χ4n) is 3.30. The van der Waals surface area contributed by atoms with Crippen molar-refractivity contribution in [3.8, 4) is 11.3 Å². The van der Waals surface area contributed by atoms with Crippen LogP contribution in [0.2, 0.25) is 0 Å². The molecule has 0 atom stereocenters. The van der Waals surface area contributed by atoms with Gasteiger partial charge in [0.25, 0.3) is 11.6 Å². The SMILES string of the molecule is Cc1noc2nc(-c3ccc(F)cc3)cc(C(=O)N3CCC(N)CC3)c12.Cl. The molecular weight excluding hydrogens is 371 g/mol. The Kier molecular flexibility index (Phi) is 5.43. The van der Waals surface area contributed by atoms with Crippen molar-refractivity contribution in [3.05, 3.63) is 47.4 Å². The van der Waals surface area contributed by atoms with Gasteiger partial charge in [-0.1, -0.05) is 5.16 Å². The van der Waals surface area contributed by atoms with Crippen molar-refractivity contribution >= 4 is 29.4 Å². The summed E-state index contributed by atoms with van der Waals surface area (Å²) in [6.07, 6.45) is 1.57. The van der Waals surface area contributed by atoms with Crippen molar-refractivity contribution < 1.29 is 13.7 Å². The predicted octanol–water partition coefficient (Wildman–Crippen LogP) is 3.32. The van der Waals surface area contributed by atoms with E-state index in [1.807, 2.05) is 0 Å². The highest BCUT2D eigenvalue weighted by Crippen LogP contribution is 2.28. The molecule has 0 bridgehead atoms. The number of halogens is 2. The molecule has 0 saturated carbocycles. The van der Waals surface area contributed by atoms with Crippen LogP contribution in [0.3, 0.4) is 0 Å². The molecule has 1 amide bonds. The van der Waals surface area contributed by atoms with Gasteiger partial charge in [-0.2, -0.15) is 0 Å². The molecule has 1 aliphatic heterocycles. The van der Waals surface area contributed by atoms with E-state index in [0.717, 1.165) is 12.8 Å². The smallest absolute Gasteiger partial charge is 0.259 e. The van der Waals surface area contributed by atoms with Gasteiger partial charge in [0.2, 0.25) is 0 Å². The number of likely N-dealkylation sites (tertiary alicyclic amines) is 1. The first-order valence-corrected chi connectivity index (χ1v) is 8.61. The zero-order chi connectivity index (χ0) is 18.3. The first-order chi connectivity index (χ1) is 12.5. The van der Waals surface area contributed by atoms with Gasteiger partial charge in [0.1, 0.15) is 5.82 Å². The monoisotopic (exact) mass is 390 g/mol. The standard InChI is InChI=1S/C19H19FN4O2.ClH/c1-11-17-15(19(25)24-8-6-14(21)7-9-24)10-16(22-18(17)26-23-11)12-2-4-13(20)5-3-12;/h2-5,10,14H,6-9,21H2,1H3;1H. The van der Waals surface area contributed by atoms with Crippen LogP contribution < -0.4 is 5.73 Å². The highest BCUT2D eigenvalue weighted by atomic mass is 35.5. The number of benzene rings is 1. The van der Waals surface area contributed by atoms with Crippen LogP contribution in [0.25, 0.3) is 22.4 Å². The Hall–Kier alpha value is -2.51. The number of nitrogens with two attached hydrogens (primary N) is 1. The second kappa shape index (κ2) is 7.62. The number of pyridine rings is 1. The lowest BCUT2D eigenvalue weighted by molar-refractivity contribution is 0.0716. The van der Waals surface area contributed by atoms with E-state index in [4.69, 9.17) is 10.3 Å². The Balaban J connectivity index is 0.00000210. The number of rotatable bonds is 2. The lowest BCUT2D eigenvalue weighted by atomic mass is 10.0. The fraction of sp³-hybridized carbons (Fsp3) is 0.316. The predicted molar refractivity (Wildman–Crippen MR) is 102 cm³/mol. The molecule has 1 aromatic carbocycles. The topological polar surface area (TPSA) is 85.2 Å². The van der Waals surface area contributed by atoms with Crippen molar-refractivity contribution in [1.29, 1.82) is 0 Å². The number of hydrogen-bond acceptors (Lipinski definition) is 5. The number of carbonyl (C=O) groups is 1. The number of fused-ring (bicyclic) bond motifs is 1. The second-order valence-electron chi connectivity index (χ2n) is 6.64. The summed E-state index contributed by atoms with van der Waals surface area (Å²) in [4.78, 5) is 19.4. The third kappa shape index (κ3) is 3.65. The second-order valence-corrected chi connectivity index (χ2v) is 6.64. The Morgan fingerprint density at radius 3 is 2.59 bits per heavy atom. The van der Waals surface area contributed by atoms with Crippen LogP contribution in [0.15, 0.2) is 34.9 Å². The summed E-state index contributed by atoms with van der Waals surface area (Å²) in [5.41, 5.74) is 8.63. The summed E-state index contributed by atoms with van der Waals surface area (Å²) in [5.74, 6) is -0.412. The van der Waals surface area contributed by atoms with Gasteiger partial charge < -0.3 is 15.2 Å². The fourth-order valence-corrected chi connectivity index (χ4v) is 3.30. The first-order valence-electron chi connectivity index (χ1n) is 8.61.